The molecule has 15 heavy (non-hydrogen) atoms. The summed E-state index contributed by atoms with van der Waals surface area (Å²) in [4.78, 5) is 15.0. The van der Waals surface area contributed by atoms with E-state index in [1.54, 1.807) is 11.3 Å². The SMILES string of the molecule is O=C1C2C(CO)C2CN1Cc1cccs1. The zero-order chi connectivity index (χ0) is 10.4. The Labute approximate surface area is 92.3 Å². The lowest BCUT2D eigenvalue weighted by molar-refractivity contribution is -0.131. The van der Waals surface area contributed by atoms with Crippen molar-refractivity contribution in [1.82, 2.24) is 4.90 Å². The van der Waals surface area contributed by atoms with Gasteiger partial charge in [0.2, 0.25) is 5.91 Å². The molecule has 1 saturated carbocycles. The van der Waals surface area contributed by atoms with Crippen LogP contribution in [0.3, 0.4) is 0 Å². The fourth-order valence-corrected chi connectivity index (χ4v) is 3.32. The van der Waals surface area contributed by atoms with Crippen molar-refractivity contribution in [3.8, 4) is 0 Å². The number of piperidine rings is 1. The minimum atomic E-state index is 0.134. The molecule has 80 valence electrons. The van der Waals surface area contributed by atoms with E-state index >= 15 is 0 Å². The van der Waals surface area contributed by atoms with Gasteiger partial charge in [-0.1, -0.05) is 6.07 Å². The molecule has 3 nitrogen and oxygen atoms in total. The van der Waals surface area contributed by atoms with Crippen LogP contribution in [0.25, 0.3) is 0 Å². The summed E-state index contributed by atoms with van der Waals surface area (Å²) >= 11 is 1.69. The third-order valence-corrected chi connectivity index (χ3v) is 4.36. The van der Waals surface area contributed by atoms with E-state index < -0.39 is 0 Å². The topological polar surface area (TPSA) is 40.5 Å². The van der Waals surface area contributed by atoms with E-state index in [0.717, 1.165) is 13.1 Å². The molecule has 3 unspecified atom stereocenters. The summed E-state index contributed by atoms with van der Waals surface area (Å²) in [7, 11) is 0. The maximum absolute atomic E-state index is 11.9. The van der Waals surface area contributed by atoms with Gasteiger partial charge in [0.1, 0.15) is 0 Å². The van der Waals surface area contributed by atoms with E-state index in [1.807, 2.05) is 16.3 Å². The molecule has 2 heterocycles. The van der Waals surface area contributed by atoms with Gasteiger partial charge < -0.3 is 10.0 Å². The predicted molar refractivity (Wildman–Crippen MR) is 57.3 cm³/mol. The summed E-state index contributed by atoms with van der Waals surface area (Å²) in [6.45, 7) is 1.77. The average Bonchev–Trinajstić information content (AvgIpc) is 2.59. The highest BCUT2D eigenvalue weighted by Crippen LogP contribution is 2.52. The molecule has 0 bridgehead atoms. The predicted octanol–water partition coefficient (Wildman–Crippen LogP) is 0.945. The fraction of sp³-hybridized carbons (Fsp3) is 0.545. The van der Waals surface area contributed by atoms with E-state index in [9.17, 15) is 4.79 Å². The van der Waals surface area contributed by atoms with E-state index in [0.29, 0.717) is 5.92 Å². The van der Waals surface area contributed by atoms with E-state index in [4.69, 9.17) is 5.11 Å². The second-order valence-electron chi connectivity index (χ2n) is 4.33. The van der Waals surface area contributed by atoms with Gasteiger partial charge in [-0.3, -0.25) is 4.79 Å². The molecule has 1 amide bonds. The quantitative estimate of drug-likeness (QED) is 0.828. The molecule has 0 spiro atoms. The van der Waals surface area contributed by atoms with Gasteiger partial charge in [-0.25, -0.2) is 0 Å². The lowest BCUT2D eigenvalue weighted by Gasteiger charge is -2.18. The van der Waals surface area contributed by atoms with Crippen LogP contribution in [0, 0.1) is 17.8 Å². The first kappa shape index (κ1) is 9.36. The number of rotatable bonds is 3. The number of nitrogens with zero attached hydrogens (tertiary/aromatic N) is 1. The Morgan fingerprint density at radius 1 is 1.60 bits per heavy atom. The van der Waals surface area contributed by atoms with Gasteiger partial charge >= 0.3 is 0 Å². The number of fused-ring (bicyclic) bond motifs is 1. The second-order valence-corrected chi connectivity index (χ2v) is 5.37. The van der Waals surface area contributed by atoms with Crippen molar-refractivity contribution in [3.63, 3.8) is 0 Å². The van der Waals surface area contributed by atoms with Crippen molar-refractivity contribution >= 4 is 17.2 Å². The number of hydrogen-bond donors (Lipinski definition) is 1. The summed E-state index contributed by atoms with van der Waals surface area (Å²) in [5.41, 5.74) is 0. The van der Waals surface area contributed by atoms with Gasteiger partial charge in [0.05, 0.1) is 6.54 Å². The number of carbonyl (C=O) groups is 1. The Morgan fingerprint density at radius 3 is 3.00 bits per heavy atom. The lowest BCUT2D eigenvalue weighted by atomic mass is 10.2. The molecule has 0 aromatic carbocycles. The number of carbonyl (C=O) groups excluding carboxylic acids is 1. The largest absolute Gasteiger partial charge is 0.396 e. The highest BCUT2D eigenvalue weighted by Gasteiger charge is 2.60. The van der Waals surface area contributed by atoms with Crippen molar-refractivity contribution in [1.29, 1.82) is 0 Å². The molecule has 1 N–H and O–H groups in total. The number of aliphatic hydroxyl groups excluding tert-OH is 1. The molecule has 1 aromatic heterocycles. The molecule has 1 aliphatic heterocycles. The van der Waals surface area contributed by atoms with Crippen LogP contribution in [0.5, 0.6) is 0 Å². The first-order chi connectivity index (χ1) is 7.31. The van der Waals surface area contributed by atoms with Gasteiger partial charge in [-0.05, 0) is 23.3 Å². The van der Waals surface area contributed by atoms with Crippen LogP contribution >= 0.6 is 11.3 Å². The Hall–Kier alpha value is -0.870. The summed E-state index contributed by atoms with van der Waals surface area (Å²) in [6.07, 6.45) is 0. The van der Waals surface area contributed by atoms with E-state index in [-0.39, 0.29) is 24.3 Å². The van der Waals surface area contributed by atoms with Crippen molar-refractivity contribution in [2.24, 2.45) is 17.8 Å². The average molecular weight is 223 g/mol. The zero-order valence-corrected chi connectivity index (χ0v) is 9.11. The first-order valence-corrected chi connectivity index (χ1v) is 6.11. The smallest absolute Gasteiger partial charge is 0.226 e. The number of thiophene rings is 1. The summed E-state index contributed by atoms with van der Waals surface area (Å²) in [6, 6.07) is 4.07. The van der Waals surface area contributed by atoms with Crippen molar-refractivity contribution in [2.75, 3.05) is 13.2 Å². The second kappa shape index (κ2) is 3.32. The van der Waals surface area contributed by atoms with Crippen molar-refractivity contribution < 1.29 is 9.90 Å². The molecule has 1 aromatic rings. The lowest BCUT2D eigenvalue weighted by Crippen LogP contribution is -2.29. The molecule has 3 rings (SSSR count). The number of amides is 1. The number of aliphatic hydroxyl groups is 1. The van der Waals surface area contributed by atoms with Crippen LogP contribution < -0.4 is 0 Å². The van der Waals surface area contributed by atoms with Crippen molar-refractivity contribution in [3.05, 3.63) is 22.4 Å². The van der Waals surface area contributed by atoms with Crippen LogP contribution in [0.1, 0.15) is 4.88 Å². The minimum Gasteiger partial charge on any atom is -0.396 e. The molecule has 1 saturated heterocycles. The number of hydrogen-bond acceptors (Lipinski definition) is 3. The Bertz CT molecular complexity index is 376. The van der Waals surface area contributed by atoms with Gasteiger partial charge in [-0.15, -0.1) is 11.3 Å². The molecule has 2 fully saturated rings. The highest BCUT2D eigenvalue weighted by atomic mass is 32.1. The maximum atomic E-state index is 11.9. The van der Waals surface area contributed by atoms with E-state index in [2.05, 4.69) is 6.07 Å². The highest BCUT2D eigenvalue weighted by molar-refractivity contribution is 7.09. The molecule has 4 heteroatoms. The van der Waals surface area contributed by atoms with E-state index in [1.165, 1.54) is 4.88 Å². The normalized spacial score (nSPS) is 33.3. The third kappa shape index (κ3) is 1.40. The molecular formula is C11H13NO2S. The molecule has 3 atom stereocenters. The summed E-state index contributed by atoms with van der Waals surface area (Å²) in [5.74, 6) is 1.07. The van der Waals surface area contributed by atoms with Gasteiger partial charge in [-0.2, -0.15) is 0 Å². The van der Waals surface area contributed by atoms with Gasteiger partial charge in [0.25, 0.3) is 0 Å². The maximum Gasteiger partial charge on any atom is 0.226 e. The molecule has 1 aliphatic carbocycles. The van der Waals surface area contributed by atoms with Gasteiger partial charge in [0.15, 0.2) is 0 Å². The van der Waals surface area contributed by atoms with Crippen LogP contribution in [-0.4, -0.2) is 29.1 Å². The Morgan fingerprint density at radius 2 is 2.47 bits per heavy atom. The van der Waals surface area contributed by atoms with Crippen LogP contribution in [0.4, 0.5) is 0 Å². The van der Waals surface area contributed by atoms with Crippen molar-refractivity contribution in [2.45, 2.75) is 6.54 Å². The molecule has 0 radical (unpaired) electrons. The number of likely N-dealkylation sites (tertiary alicyclic amines) is 1. The molecule has 2 aliphatic rings. The molecular weight excluding hydrogens is 210 g/mol. The first-order valence-electron chi connectivity index (χ1n) is 5.23. The Kier molecular flexibility index (Phi) is 2.07. The van der Waals surface area contributed by atoms with Crippen LogP contribution in [0.2, 0.25) is 0 Å². The van der Waals surface area contributed by atoms with Crippen LogP contribution in [0.15, 0.2) is 17.5 Å². The Balaban J connectivity index is 1.65. The van der Waals surface area contributed by atoms with Crippen LogP contribution in [-0.2, 0) is 11.3 Å². The van der Waals surface area contributed by atoms with Gasteiger partial charge in [0, 0.05) is 23.9 Å². The zero-order valence-electron chi connectivity index (χ0n) is 8.30. The third-order valence-electron chi connectivity index (χ3n) is 3.50. The summed E-state index contributed by atoms with van der Waals surface area (Å²) < 4.78 is 0. The standard InChI is InChI=1S/C11H13NO2S/c13-6-9-8-5-12(11(14)10(8)9)4-7-2-1-3-15-7/h1-3,8-10,13H,4-6H2. The fourth-order valence-electron chi connectivity index (χ4n) is 2.60. The monoisotopic (exact) mass is 223 g/mol. The summed E-state index contributed by atoms with van der Waals surface area (Å²) in [5, 5.41) is 11.0. The minimum absolute atomic E-state index is 0.134.